The van der Waals surface area contributed by atoms with Crippen LogP contribution < -0.4 is 0 Å². The molecule has 0 spiro atoms. The van der Waals surface area contributed by atoms with Crippen molar-refractivity contribution >= 4 is 11.6 Å². The molecule has 0 bridgehead atoms. The van der Waals surface area contributed by atoms with Crippen molar-refractivity contribution in [3.63, 3.8) is 0 Å². The number of aromatic nitrogens is 4. The Balaban J connectivity index is 2.67. The van der Waals surface area contributed by atoms with Gasteiger partial charge in [-0.2, -0.15) is 10.1 Å². The van der Waals surface area contributed by atoms with E-state index in [2.05, 4.69) is 15.1 Å². The number of aryl methyl sites for hydroxylation is 2. The fraction of sp³-hybridized carbons (Fsp3) is 0.364. The number of rotatable bonds is 1. The lowest BCUT2D eigenvalue weighted by atomic mass is 10.2. The molecule has 0 N–H and O–H groups in total. The van der Waals surface area contributed by atoms with Crippen molar-refractivity contribution in [3.8, 4) is 5.82 Å². The van der Waals surface area contributed by atoms with E-state index in [4.69, 9.17) is 11.6 Å². The first kappa shape index (κ1) is 11.1. The lowest BCUT2D eigenvalue weighted by molar-refractivity contribution is 0.792. The van der Waals surface area contributed by atoms with Gasteiger partial charge in [-0.15, -0.1) is 0 Å². The van der Waals surface area contributed by atoms with E-state index in [9.17, 15) is 0 Å². The van der Waals surface area contributed by atoms with Crippen LogP contribution in [0.5, 0.6) is 0 Å². The maximum atomic E-state index is 5.80. The van der Waals surface area contributed by atoms with Crippen molar-refractivity contribution in [1.82, 2.24) is 19.7 Å². The second-order valence-corrected chi connectivity index (χ2v) is 4.19. The van der Waals surface area contributed by atoms with Crippen molar-refractivity contribution in [2.24, 2.45) is 0 Å². The monoisotopic (exact) mass is 236 g/mol. The van der Waals surface area contributed by atoms with Gasteiger partial charge >= 0.3 is 0 Å². The van der Waals surface area contributed by atoms with Crippen molar-refractivity contribution in [3.05, 3.63) is 34.0 Å². The van der Waals surface area contributed by atoms with E-state index >= 15 is 0 Å². The largest absolute Gasteiger partial charge is 0.226 e. The molecule has 16 heavy (non-hydrogen) atoms. The van der Waals surface area contributed by atoms with E-state index < -0.39 is 0 Å². The van der Waals surface area contributed by atoms with Gasteiger partial charge in [0, 0.05) is 17.5 Å². The normalized spacial score (nSPS) is 10.8. The quantitative estimate of drug-likeness (QED) is 0.715. The summed E-state index contributed by atoms with van der Waals surface area (Å²) in [6.45, 7) is 7.99. The summed E-state index contributed by atoms with van der Waals surface area (Å²) >= 11 is 5.80. The van der Waals surface area contributed by atoms with Crippen molar-refractivity contribution < 1.29 is 0 Å². The Morgan fingerprint density at radius 3 is 2.44 bits per heavy atom. The third kappa shape index (κ3) is 1.69. The van der Waals surface area contributed by atoms with Gasteiger partial charge in [0.2, 0.25) is 5.28 Å². The van der Waals surface area contributed by atoms with Gasteiger partial charge in [0.1, 0.15) is 0 Å². The van der Waals surface area contributed by atoms with Crippen molar-refractivity contribution in [1.29, 1.82) is 0 Å². The Morgan fingerprint density at radius 2 is 1.88 bits per heavy atom. The molecule has 0 saturated heterocycles. The molecule has 4 nitrogen and oxygen atoms in total. The molecule has 0 aliphatic carbocycles. The summed E-state index contributed by atoms with van der Waals surface area (Å²) in [4.78, 5) is 8.15. The predicted octanol–water partition coefficient (Wildman–Crippen LogP) is 2.55. The first-order valence-electron chi connectivity index (χ1n) is 5.03. The molecule has 0 fully saturated rings. The Morgan fingerprint density at radius 1 is 1.19 bits per heavy atom. The highest BCUT2D eigenvalue weighted by atomic mass is 35.5. The fourth-order valence-electron chi connectivity index (χ4n) is 1.55. The van der Waals surface area contributed by atoms with Crippen LogP contribution in [0, 0.1) is 27.7 Å². The molecule has 0 atom stereocenters. The zero-order chi connectivity index (χ0) is 11.9. The van der Waals surface area contributed by atoms with E-state index in [1.54, 1.807) is 6.20 Å². The Labute approximate surface area is 99.3 Å². The highest BCUT2D eigenvalue weighted by molar-refractivity contribution is 6.28. The highest BCUT2D eigenvalue weighted by Crippen LogP contribution is 2.18. The number of nitrogens with zero attached hydrogens (tertiary/aromatic N) is 4. The lowest BCUT2D eigenvalue weighted by Gasteiger charge is -2.06. The Bertz CT molecular complexity index is 545. The van der Waals surface area contributed by atoms with Gasteiger partial charge in [0.05, 0.1) is 5.69 Å². The second kappa shape index (κ2) is 3.87. The number of hydrogen-bond acceptors (Lipinski definition) is 3. The summed E-state index contributed by atoms with van der Waals surface area (Å²) in [6.07, 6.45) is 1.70. The van der Waals surface area contributed by atoms with E-state index in [0.29, 0.717) is 0 Å². The fourth-order valence-corrected chi connectivity index (χ4v) is 1.68. The molecular weight excluding hydrogens is 224 g/mol. The third-order valence-corrected chi connectivity index (χ3v) is 2.95. The molecular formula is C11H13ClN4. The lowest BCUT2D eigenvalue weighted by Crippen LogP contribution is -2.05. The van der Waals surface area contributed by atoms with Crippen LogP contribution in [-0.2, 0) is 0 Å². The molecule has 0 amide bonds. The summed E-state index contributed by atoms with van der Waals surface area (Å²) in [5.41, 5.74) is 4.21. The maximum absolute atomic E-state index is 5.80. The molecule has 2 aromatic heterocycles. The molecule has 0 aromatic carbocycles. The van der Waals surface area contributed by atoms with Gasteiger partial charge < -0.3 is 0 Å². The van der Waals surface area contributed by atoms with E-state index in [1.165, 1.54) is 5.56 Å². The van der Waals surface area contributed by atoms with Crippen LogP contribution in [-0.4, -0.2) is 19.7 Å². The topological polar surface area (TPSA) is 43.6 Å². The minimum atomic E-state index is 0.241. The van der Waals surface area contributed by atoms with Crippen molar-refractivity contribution in [2.45, 2.75) is 27.7 Å². The summed E-state index contributed by atoms with van der Waals surface area (Å²) in [7, 11) is 0. The zero-order valence-corrected chi connectivity index (χ0v) is 10.5. The van der Waals surface area contributed by atoms with E-state index in [1.807, 2.05) is 32.4 Å². The van der Waals surface area contributed by atoms with Gasteiger partial charge in [0.15, 0.2) is 5.82 Å². The highest BCUT2D eigenvalue weighted by Gasteiger charge is 2.12. The summed E-state index contributed by atoms with van der Waals surface area (Å²) < 4.78 is 1.81. The Hall–Kier alpha value is -1.42. The van der Waals surface area contributed by atoms with Crippen molar-refractivity contribution in [2.75, 3.05) is 0 Å². The molecule has 0 unspecified atom stereocenters. The van der Waals surface area contributed by atoms with Crippen LogP contribution in [0.3, 0.4) is 0 Å². The Kier molecular flexibility index (Phi) is 2.68. The van der Waals surface area contributed by atoms with Crippen LogP contribution in [0.4, 0.5) is 0 Å². The maximum Gasteiger partial charge on any atom is 0.224 e. The molecule has 5 heteroatoms. The SMILES string of the molecule is Cc1cnc(Cl)nc1-n1nc(C)c(C)c1C. The first-order valence-corrected chi connectivity index (χ1v) is 5.41. The zero-order valence-electron chi connectivity index (χ0n) is 9.74. The first-order chi connectivity index (χ1) is 7.50. The molecule has 0 saturated carbocycles. The van der Waals surface area contributed by atoms with Crippen LogP contribution >= 0.6 is 11.6 Å². The molecule has 84 valence electrons. The predicted molar refractivity (Wildman–Crippen MR) is 63.1 cm³/mol. The average molecular weight is 237 g/mol. The van der Waals surface area contributed by atoms with Crippen LogP contribution in [0.1, 0.15) is 22.5 Å². The van der Waals surface area contributed by atoms with Crippen LogP contribution in [0.25, 0.3) is 5.82 Å². The van der Waals surface area contributed by atoms with Gasteiger partial charge in [-0.25, -0.2) is 9.67 Å². The van der Waals surface area contributed by atoms with Gasteiger partial charge in [0.25, 0.3) is 0 Å². The molecule has 0 radical (unpaired) electrons. The van der Waals surface area contributed by atoms with Crippen LogP contribution in [0.15, 0.2) is 6.20 Å². The van der Waals surface area contributed by atoms with E-state index in [0.717, 1.165) is 22.8 Å². The molecule has 2 heterocycles. The molecule has 2 rings (SSSR count). The van der Waals surface area contributed by atoms with Crippen LogP contribution in [0.2, 0.25) is 5.28 Å². The number of hydrogen-bond donors (Lipinski definition) is 0. The average Bonchev–Trinajstić information content (AvgIpc) is 2.50. The summed E-state index contributed by atoms with van der Waals surface area (Å²) in [5.74, 6) is 0.744. The van der Waals surface area contributed by atoms with Gasteiger partial charge in [-0.1, -0.05) is 0 Å². The summed E-state index contributed by atoms with van der Waals surface area (Å²) in [6, 6.07) is 0. The van der Waals surface area contributed by atoms with E-state index in [-0.39, 0.29) is 5.28 Å². The van der Waals surface area contributed by atoms with Gasteiger partial charge in [-0.05, 0) is 44.9 Å². The minimum Gasteiger partial charge on any atom is -0.226 e. The molecule has 0 aliphatic rings. The smallest absolute Gasteiger partial charge is 0.224 e. The third-order valence-electron chi connectivity index (χ3n) is 2.77. The summed E-state index contributed by atoms with van der Waals surface area (Å²) in [5, 5.41) is 4.69. The van der Waals surface area contributed by atoms with Gasteiger partial charge in [-0.3, -0.25) is 0 Å². The number of halogens is 1. The standard InChI is InChI=1S/C11H13ClN4/c1-6-5-13-11(12)14-10(6)16-9(4)7(2)8(3)15-16/h5H,1-4H3. The molecule has 0 aliphatic heterocycles. The molecule has 2 aromatic rings. The second-order valence-electron chi connectivity index (χ2n) is 3.85. The minimum absolute atomic E-state index is 0.241.